The quantitative estimate of drug-likeness (QED) is 0.748. The van der Waals surface area contributed by atoms with Crippen LogP contribution in [0.1, 0.15) is 0 Å². The van der Waals surface area contributed by atoms with E-state index in [0.29, 0.717) is 17.3 Å². The highest BCUT2D eigenvalue weighted by Gasteiger charge is 2.27. The number of sulfonamides is 1. The maximum atomic E-state index is 12.1. The maximum Gasteiger partial charge on any atom is 0.253 e. The second-order valence-electron chi connectivity index (χ2n) is 2.98. The third-order valence-electron chi connectivity index (χ3n) is 2.00. The Morgan fingerprint density at radius 2 is 1.87 bits per heavy atom. The first kappa shape index (κ1) is 11.8. The van der Waals surface area contributed by atoms with Gasteiger partial charge in [-0.15, -0.1) is 11.3 Å². The summed E-state index contributed by atoms with van der Waals surface area (Å²) in [5.41, 5.74) is 0. The minimum absolute atomic E-state index is 0.366. The Bertz CT molecular complexity index is 479. The normalized spacial score (nSPS) is 17.5. The van der Waals surface area contributed by atoms with E-state index in [2.05, 4.69) is 31.9 Å². The predicted octanol–water partition coefficient (Wildman–Crippen LogP) is 2.83. The highest BCUT2D eigenvalue weighted by molar-refractivity contribution is 9.13. The van der Waals surface area contributed by atoms with E-state index in [9.17, 15) is 8.42 Å². The van der Waals surface area contributed by atoms with Gasteiger partial charge in [-0.25, -0.2) is 8.42 Å². The van der Waals surface area contributed by atoms with Crippen LogP contribution in [0, 0.1) is 0 Å². The fourth-order valence-electron chi connectivity index (χ4n) is 1.24. The molecule has 0 saturated carbocycles. The summed E-state index contributed by atoms with van der Waals surface area (Å²) < 4.78 is 27.5. The third-order valence-corrected chi connectivity index (χ3v) is 7.54. The van der Waals surface area contributed by atoms with E-state index < -0.39 is 10.0 Å². The summed E-state index contributed by atoms with van der Waals surface area (Å²) in [6.45, 7) is 0.935. The average molecular weight is 373 g/mol. The summed E-state index contributed by atoms with van der Waals surface area (Å²) in [4.78, 5) is 0. The van der Waals surface area contributed by atoms with E-state index >= 15 is 0 Å². The topological polar surface area (TPSA) is 37.4 Å². The molecule has 0 unspecified atom stereocenters. The van der Waals surface area contributed by atoms with Gasteiger partial charge in [0.05, 0.1) is 3.79 Å². The minimum atomic E-state index is -3.31. The van der Waals surface area contributed by atoms with Gasteiger partial charge in [-0.05, 0) is 37.9 Å². The summed E-state index contributed by atoms with van der Waals surface area (Å²) in [5.74, 6) is 0. The summed E-state index contributed by atoms with van der Waals surface area (Å²) in [7, 11) is -3.31. The largest absolute Gasteiger partial charge is 0.253 e. The molecule has 1 aliphatic heterocycles. The molecule has 7 heteroatoms. The fraction of sp³-hybridized carbons (Fsp3) is 0.250. The summed E-state index contributed by atoms with van der Waals surface area (Å²) in [6, 6.07) is 1.63. The van der Waals surface area contributed by atoms with Gasteiger partial charge in [0, 0.05) is 17.6 Å². The molecule has 15 heavy (non-hydrogen) atoms. The second-order valence-corrected chi connectivity index (χ2v) is 8.37. The van der Waals surface area contributed by atoms with Crippen molar-refractivity contribution in [3.8, 4) is 0 Å². The lowest BCUT2D eigenvalue weighted by Gasteiger charge is -2.13. The molecule has 0 N–H and O–H groups in total. The standard InChI is InChI=1S/C8H7Br2NO2S2/c9-6-5-7(14-8(6)10)15(12,13)11-3-1-2-4-11/h1-2,5H,3-4H2. The zero-order valence-electron chi connectivity index (χ0n) is 7.48. The number of hydrogen-bond donors (Lipinski definition) is 0. The van der Waals surface area contributed by atoms with Crippen LogP contribution in [-0.2, 0) is 10.0 Å². The van der Waals surface area contributed by atoms with Crippen molar-refractivity contribution >= 4 is 53.2 Å². The summed E-state index contributed by atoms with van der Waals surface area (Å²) in [5, 5.41) is 0. The van der Waals surface area contributed by atoms with Gasteiger partial charge < -0.3 is 0 Å². The van der Waals surface area contributed by atoms with Gasteiger partial charge in [0.25, 0.3) is 10.0 Å². The zero-order chi connectivity index (χ0) is 11.1. The first-order valence-electron chi connectivity index (χ1n) is 4.12. The van der Waals surface area contributed by atoms with E-state index in [1.54, 1.807) is 6.07 Å². The van der Waals surface area contributed by atoms with Crippen molar-refractivity contribution in [2.45, 2.75) is 4.21 Å². The fourth-order valence-corrected chi connectivity index (χ4v) is 5.55. The number of halogens is 2. The van der Waals surface area contributed by atoms with Gasteiger partial charge in [-0.2, -0.15) is 4.31 Å². The zero-order valence-corrected chi connectivity index (χ0v) is 12.3. The van der Waals surface area contributed by atoms with Crippen molar-refractivity contribution in [3.63, 3.8) is 0 Å². The molecule has 1 aromatic heterocycles. The molecule has 2 heterocycles. The number of rotatable bonds is 2. The summed E-state index contributed by atoms with van der Waals surface area (Å²) in [6.07, 6.45) is 3.71. The lowest BCUT2D eigenvalue weighted by Crippen LogP contribution is -2.27. The van der Waals surface area contributed by atoms with Crippen LogP contribution in [-0.4, -0.2) is 25.8 Å². The van der Waals surface area contributed by atoms with E-state index in [1.807, 2.05) is 12.2 Å². The van der Waals surface area contributed by atoms with Crippen molar-refractivity contribution < 1.29 is 8.42 Å². The van der Waals surface area contributed by atoms with E-state index in [1.165, 1.54) is 15.6 Å². The molecule has 0 spiro atoms. The molecule has 82 valence electrons. The Kier molecular flexibility index (Phi) is 3.37. The molecule has 0 fully saturated rings. The number of hydrogen-bond acceptors (Lipinski definition) is 3. The molecular weight excluding hydrogens is 366 g/mol. The molecule has 2 rings (SSSR count). The lowest BCUT2D eigenvalue weighted by atomic mass is 10.6. The van der Waals surface area contributed by atoms with Crippen molar-refractivity contribution in [2.75, 3.05) is 13.1 Å². The molecule has 1 aliphatic rings. The number of nitrogens with zero attached hydrogens (tertiary/aromatic N) is 1. The number of thiophene rings is 1. The molecule has 0 bridgehead atoms. The first-order chi connectivity index (χ1) is 7.01. The lowest BCUT2D eigenvalue weighted by molar-refractivity contribution is 0.490. The van der Waals surface area contributed by atoms with Crippen LogP contribution in [0.2, 0.25) is 0 Å². The Hall–Kier alpha value is 0.310. The van der Waals surface area contributed by atoms with Crippen LogP contribution >= 0.6 is 43.2 Å². The molecule has 3 nitrogen and oxygen atoms in total. The molecule has 0 aromatic carbocycles. The molecule has 0 radical (unpaired) electrons. The Balaban J connectivity index is 2.37. The van der Waals surface area contributed by atoms with Gasteiger partial charge in [0.1, 0.15) is 4.21 Å². The third kappa shape index (κ3) is 2.21. The first-order valence-corrected chi connectivity index (χ1v) is 7.96. The van der Waals surface area contributed by atoms with E-state index in [4.69, 9.17) is 0 Å². The van der Waals surface area contributed by atoms with Crippen molar-refractivity contribution in [1.82, 2.24) is 4.31 Å². The van der Waals surface area contributed by atoms with Crippen LogP contribution in [0.5, 0.6) is 0 Å². The Morgan fingerprint density at radius 1 is 1.27 bits per heavy atom. The van der Waals surface area contributed by atoms with Gasteiger partial charge in [0.15, 0.2) is 0 Å². The van der Waals surface area contributed by atoms with Crippen LogP contribution < -0.4 is 0 Å². The Morgan fingerprint density at radius 3 is 2.33 bits per heavy atom. The van der Waals surface area contributed by atoms with Crippen molar-refractivity contribution in [1.29, 1.82) is 0 Å². The van der Waals surface area contributed by atoms with Gasteiger partial charge >= 0.3 is 0 Å². The van der Waals surface area contributed by atoms with Gasteiger partial charge in [-0.3, -0.25) is 0 Å². The monoisotopic (exact) mass is 371 g/mol. The van der Waals surface area contributed by atoms with Crippen molar-refractivity contribution in [3.05, 3.63) is 26.5 Å². The molecule has 1 aromatic rings. The molecule has 0 aliphatic carbocycles. The molecule has 0 amide bonds. The van der Waals surface area contributed by atoms with E-state index in [-0.39, 0.29) is 0 Å². The van der Waals surface area contributed by atoms with Crippen LogP contribution in [0.4, 0.5) is 0 Å². The van der Waals surface area contributed by atoms with Crippen LogP contribution in [0.15, 0.2) is 30.7 Å². The summed E-state index contributed by atoms with van der Waals surface area (Å²) >= 11 is 7.79. The SMILES string of the molecule is O=S(=O)(c1cc(Br)c(Br)s1)N1CC=CC1. The molecule has 0 atom stereocenters. The van der Waals surface area contributed by atoms with Crippen molar-refractivity contribution in [2.24, 2.45) is 0 Å². The van der Waals surface area contributed by atoms with Gasteiger partial charge in [-0.1, -0.05) is 12.2 Å². The smallest absolute Gasteiger partial charge is 0.206 e. The second kappa shape index (κ2) is 4.29. The van der Waals surface area contributed by atoms with E-state index in [0.717, 1.165) is 8.26 Å². The average Bonchev–Trinajstić information content (AvgIpc) is 2.77. The van der Waals surface area contributed by atoms with Gasteiger partial charge in [0.2, 0.25) is 0 Å². The predicted molar refractivity (Wildman–Crippen MR) is 67.6 cm³/mol. The van der Waals surface area contributed by atoms with Crippen LogP contribution in [0.3, 0.4) is 0 Å². The van der Waals surface area contributed by atoms with Crippen LogP contribution in [0.25, 0.3) is 0 Å². The minimum Gasteiger partial charge on any atom is -0.206 e. The highest BCUT2D eigenvalue weighted by atomic mass is 79.9. The highest BCUT2D eigenvalue weighted by Crippen LogP contribution is 2.36. The molecular formula is C8H7Br2NO2S2. The Labute approximate surface area is 109 Å². The molecule has 0 saturated heterocycles. The maximum absolute atomic E-state index is 12.1.